The lowest BCUT2D eigenvalue weighted by Crippen LogP contribution is -2.49. The summed E-state index contributed by atoms with van der Waals surface area (Å²) in [5, 5.41) is 0.128. The van der Waals surface area contributed by atoms with Gasteiger partial charge >= 0.3 is 11.9 Å². The predicted octanol–water partition coefficient (Wildman–Crippen LogP) is 5.07. The zero-order chi connectivity index (χ0) is 30.6. The van der Waals surface area contributed by atoms with Gasteiger partial charge in [0.2, 0.25) is 5.91 Å². The molecule has 6 rings (SSSR count). The molecule has 0 bridgehead atoms. The minimum Gasteiger partial charge on any atom is -0.352 e. The number of carbonyl (C=O) groups is 1. The zero-order valence-corrected chi connectivity index (χ0v) is 24.3. The van der Waals surface area contributed by atoms with Gasteiger partial charge in [-0.05, 0) is 56.6 Å². The van der Waals surface area contributed by atoms with Gasteiger partial charge in [0, 0.05) is 72.0 Å². The summed E-state index contributed by atoms with van der Waals surface area (Å²) in [6.45, 7) is 7.77. The maximum atomic E-state index is 15.4. The van der Waals surface area contributed by atoms with Crippen molar-refractivity contribution >= 4 is 34.4 Å². The number of hydrogen-bond donors (Lipinski definition) is 0. The Bertz CT molecular complexity index is 1680. The standard InChI is InChI=1S/C30H30F5N5O2S/c1-3-24(41)38-8-10-39(11-9-38)28-20-13-21(30(33,34)35)25(19-12-17(2)22(31)14-23(19)32)27-26(20)40(29(42)36-28)15-18(16-43-27)37-6-4-5-7-37/h3,12-14,18H,1,4-11,15-16H2,2H3. The molecule has 3 aliphatic heterocycles. The average Bonchev–Trinajstić information content (AvgIpc) is 3.44. The van der Waals surface area contributed by atoms with Crippen LogP contribution in [0, 0.1) is 18.6 Å². The summed E-state index contributed by atoms with van der Waals surface area (Å²) in [6, 6.07) is 2.50. The molecule has 4 heterocycles. The lowest BCUT2D eigenvalue weighted by Gasteiger charge is -2.35. The Kier molecular flexibility index (Phi) is 7.74. The van der Waals surface area contributed by atoms with E-state index >= 15 is 4.39 Å². The van der Waals surface area contributed by atoms with Crippen LogP contribution in [0.4, 0.5) is 27.8 Å². The van der Waals surface area contributed by atoms with Gasteiger partial charge in [0.1, 0.15) is 17.5 Å². The first-order chi connectivity index (χ1) is 20.5. The second-order valence-electron chi connectivity index (χ2n) is 11.2. The maximum absolute atomic E-state index is 15.4. The number of amides is 1. The summed E-state index contributed by atoms with van der Waals surface area (Å²) in [7, 11) is 0. The number of halogens is 5. The molecule has 1 atom stereocenters. The van der Waals surface area contributed by atoms with Crippen LogP contribution < -0.4 is 10.6 Å². The fourth-order valence-corrected chi connectivity index (χ4v) is 7.72. The fraction of sp³-hybridized carbons (Fsp3) is 0.433. The summed E-state index contributed by atoms with van der Waals surface area (Å²) in [5.41, 5.74) is -2.20. The van der Waals surface area contributed by atoms with Crippen LogP contribution in [0.5, 0.6) is 0 Å². The van der Waals surface area contributed by atoms with Crippen LogP contribution in [-0.2, 0) is 17.5 Å². The Morgan fingerprint density at radius 3 is 2.40 bits per heavy atom. The lowest BCUT2D eigenvalue weighted by molar-refractivity contribution is -0.137. The van der Waals surface area contributed by atoms with Crippen molar-refractivity contribution in [3.63, 3.8) is 0 Å². The van der Waals surface area contributed by atoms with Gasteiger partial charge in [0.25, 0.3) is 0 Å². The van der Waals surface area contributed by atoms with Crippen molar-refractivity contribution in [2.24, 2.45) is 0 Å². The molecule has 0 aliphatic carbocycles. The van der Waals surface area contributed by atoms with Crippen molar-refractivity contribution in [3.8, 4) is 11.1 Å². The molecule has 2 fully saturated rings. The van der Waals surface area contributed by atoms with E-state index in [0.717, 1.165) is 38.1 Å². The largest absolute Gasteiger partial charge is 0.417 e. The molecule has 0 spiro atoms. The van der Waals surface area contributed by atoms with Crippen LogP contribution in [0.2, 0.25) is 0 Å². The molecule has 43 heavy (non-hydrogen) atoms. The number of thioether (sulfide) groups is 1. The molecular formula is C30H30F5N5O2S. The first kappa shape index (κ1) is 29.6. The van der Waals surface area contributed by atoms with Crippen LogP contribution in [0.25, 0.3) is 22.0 Å². The first-order valence-electron chi connectivity index (χ1n) is 14.2. The molecule has 0 N–H and O–H groups in total. The van der Waals surface area contributed by atoms with E-state index < -0.39 is 34.6 Å². The summed E-state index contributed by atoms with van der Waals surface area (Å²) in [6.07, 6.45) is -1.73. The van der Waals surface area contributed by atoms with Crippen molar-refractivity contribution in [2.75, 3.05) is 49.9 Å². The van der Waals surface area contributed by atoms with Gasteiger partial charge in [-0.25, -0.2) is 13.6 Å². The molecule has 0 saturated carbocycles. The molecule has 1 aromatic heterocycles. The van der Waals surface area contributed by atoms with Crippen LogP contribution in [0.3, 0.4) is 0 Å². The summed E-state index contributed by atoms with van der Waals surface area (Å²) >= 11 is 1.17. The second-order valence-corrected chi connectivity index (χ2v) is 12.2. The number of piperazine rings is 1. The summed E-state index contributed by atoms with van der Waals surface area (Å²) in [4.78, 5) is 35.8. The van der Waals surface area contributed by atoms with E-state index in [1.54, 1.807) is 9.80 Å². The molecule has 228 valence electrons. The van der Waals surface area contributed by atoms with E-state index in [1.165, 1.54) is 29.3 Å². The number of rotatable bonds is 4. The molecule has 0 radical (unpaired) electrons. The maximum Gasteiger partial charge on any atom is 0.417 e. The van der Waals surface area contributed by atoms with Crippen molar-refractivity contribution in [3.05, 3.63) is 64.1 Å². The van der Waals surface area contributed by atoms with Gasteiger partial charge in [-0.3, -0.25) is 14.3 Å². The monoisotopic (exact) mass is 619 g/mol. The van der Waals surface area contributed by atoms with Crippen LogP contribution in [-0.4, -0.2) is 76.3 Å². The van der Waals surface area contributed by atoms with Crippen LogP contribution in [0.15, 0.2) is 40.5 Å². The Morgan fingerprint density at radius 1 is 1.05 bits per heavy atom. The number of benzene rings is 2. The highest BCUT2D eigenvalue weighted by molar-refractivity contribution is 7.99. The van der Waals surface area contributed by atoms with E-state index in [0.29, 0.717) is 11.8 Å². The lowest BCUT2D eigenvalue weighted by atomic mass is 9.94. The van der Waals surface area contributed by atoms with Gasteiger partial charge in [0.15, 0.2) is 0 Å². The van der Waals surface area contributed by atoms with E-state index in [4.69, 9.17) is 0 Å². The van der Waals surface area contributed by atoms with Gasteiger partial charge in [-0.1, -0.05) is 6.58 Å². The first-order valence-corrected chi connectivity index (χ1v) is 15.1. The molecule has 13 heteroatoms. The SMILES string of the molecule is C=CC(=O)N1CCN(c2nc(=O)n3c4c(c(-c5cc(C)c(F)cc5F)c(C(F)(F)F)cc24)SCC(N2CCCC2)C3)CC1. The van der Waals surface area contributed by atoms with Gasteiger partial charge < -0.3 is 9.80 Å². The Morgan fingerprint density at radius 2 is 1.74 bits per heavy atom. The zero-order valence-electron chi connectivity index (χ0n) is 23.5. The summed E-state index contributed by atoms with van der Waals surface area (Å²) < 4.78 is 75.7. The molecule has 3 aliphatic rings. The highest BCUT2D eigenvalue weighted by Crippen LogP contribution is 2.49. The van der Waals surface area contributed by atoms with E-state index in [9.17, 15) is 27.2 Å². The Hall–Kier alpha value is -3.45. The molecule has 2 aromatic carbocycles. The van der Waals surface area contributed by atoms with Crippen molar-refractivity contribution in [1.82, 2.24) is 19.4 Å². The third kappa shape index (κ3) is 5.30. The molecular weight excluding hydrogens is 589 g/mol. The molecule has 2 saturated heterocycles. The van der Waals surface area contributed by atoms with Crippen LogP contribution in [0.1, 0.15) is 24.0 Å². The normalized spacial score (nSPS) is 19.6. The Balaban J connectivity index is 1.62. The number of alkyl halides is 3. The third-order valence-corrected chi connectivity index (χ3v) is 9.80. The molecule has 3 aromatic rings. The number of anilines is 1. The topological polar surface area (TPSA) is 61.7 Å². The van der Waals surface area contributed by atoms with Gasteiger partial charge in [0.05, 0.1) is 11.1 Å². The molecule has 1 unspecified atom stereocenters. The number of carbonyl (C=O) groups excluding carboxylic acids is 1. The second kappa shape index (κ2) is 11.2. The van der Waals surface area contributed by atoms with E-state index in [2.05, 4.69) is 16.5 Å². The average molecular weight is 620 g/mol. The van der Waals surface area contributed by atoms with E-state index in [-0.39, 0.29) is 77.4 Å². The molecule has 7 nitrogen and oxygen atoms in total. The van der Waals surface area contributed by atoms with Gasteiger partial charge in [-0.2, -0.15) is 18.2 Å². The highest BCUT2D eigenvalue weighted by Gasteiger charge is 2.40. The number of hydrogen-bond acceptors (Lipinski definition) is 6. The Labute approximate surface area is 249 Å². The number of aromatic nitrogens is 2. The molecule has 1 amide bonds. The van der Waals surface area contributed by atoms with Gasteiger partial charge in [-0.15, -0.1) is 11.8 Å². The van der Waals surface area contributed by atoms with Crippen molar-refractivity contribution < 1.29 is 26.7 Å². The highest BCUT2D eigenvalue weighted by atomic mass is 32.2. The van der Waals surface area contributed by atoms with Crippen molar-refractivity contribution in [1.29, 1.82) is 0 Å². The minimum atomic E-state index is -4.90. The number of likely N-dealkylation sites (tertiary alicyclic amines) is 1. The fourth-order valence-electron chi connectivity index (χ4n) is 6.32. The minimum absolute atomic E-state index is 0.00476. The van der Waals surface area contributed by atoms with Crippen LogP contribution >= 0.6 is 11.8 Å². The predicted molar refractivity (Wildman–Crippen MR) is 155 cm³/mol. The third-order valence-electron chi connectivity index (χ3n) is 8.56. The van der Waals surface area contributed by atoms with Crippen molar-refractivity contribution in [2.45, 2.75) is 43.4 Å². The van der Waals surface area contributed by atoms with E-state index in [1.807, 2.05) is 0 Å². The smallest absolute Gasteiger partial charge is 0.352 e. The quantitative estimate of drug-likeness (QED) is 0.300. The number of nitrogens with zero attached hydrogens (tertiary/aromatic N) is 5. The summed E-state index contributed by atoms with van der Waals surface area (Å²) in [5.74, 6) is -1.76. The number of aryl methyl sites for hydroxylation is 1.